The van der Waals surface area contributed by atoms with Crippen LogP contribution in [0.5, 0.6) is 0 Å². The molecule has 0 atom stereocenters. The number of hydrogen-bond acceptors (Lipinski definition) is 6. The summed E-state index contributed by atoms with van der Waals surface area (Å²) < 4.78 is 53.1. The third-order valence-electron chi connectivity index (χ3n) is 3.99. The van der Waals surface area contributed by atoms with Crippen molar-refractivity contribution in [2.24, 2.45) is 0 Å². The highest BCUT2D eigenvalue weighted by molar-refractivity contribution is 7.92. The number of hydrogen-bond donors (Lipinski definition) is 2. The van der Waals surface area contributed by atoms with Crippen molar-refractivity contribution in [3.63, 3.8) is 0 Å². The molecule has 148 valence electrons. The van der Waals surface area contributed by atoms with E-state index < -0.39 is 45.0 Å². The van der Waals surface area contributed by atoms with Gasteiger partial charge in [0, 0.05) is 5.69 Å². The highest BCUT2D eigenvalue weighted by Gasteiger charge is 2.32. The van der Waals surface area contributed by atoms with Gasteiger partial charge in [0.25, 0.3) is 10.0 Å². The molecule has 0 spiro atoms. The average molecular weight is 423 g/mol. The van der Waals surface area contributed by atoms with Crippen LogP contribution in [0.1, 0.15) is 5.56 Å². The van der Waals surface area contributed by atoms with E-state index in [2.05, 4.69) is 4.72 Å². The van der Waals surface area contributed by atoms with Crippen LogP contribution in [-0.2, 0) is 29.6 Å². The summed E-state index contributed by atoms with van der Waals surface area (Å²) in [5, 5.41) is 2.03. The van der Waals surface area contributed by atoms with Gasteiger partial charge in [0.05, 0.1) is 22.9 Å². The second-order valence-corrected chi connectivity index (χ2v) is 9.81. The number of imide groups is 1. The summed E-state index contributed by atoms with van der Waals surface area (Å²) in [6.07, 6.45) is 0. The second kappa shape index (κ2) is 7.34. The number of aryl methyl sites for hydroxylation is 1. The maximum absolute atomic E-state index is 12.6. The Labute approximate surface area is 162 Å². The summed E-state index contributed by atoms with van der Waals surface area (Å²) in [6, 6.07) is 11.3. The zero-order valence-corrected chi connectivity index (χ0v) is 16.4. The molecule has 2 aromatic rings. The molecule has 1 heterocycles. The topological polar surface area (TPSA) is 130 Å². The minimum Gasteiger partial charge on any atom is -0.294 e. The van der Waals surface area contributed by atoms with Crippen LogP contribution in [0, 0.1) is 6.92 Å². The molecule has 0 radical (unpaired) electrons. The van der Waals surface area contributed by atoms with Crippen LogP contribution in [0.4, 0.5) is 5.69 Å². The van der Waals surface area contributed by atoms with Gasteiger partial charge in [0.2, 0.25) is 21.8 Å². The van der Waals surface area contributed by atoms with E-state index in [1.165, 1.54) is 36.4 Å². The molecule has 0 saturated carbocycles. The number of nitrogens with one attached hydrogen (secondary N) is 2. The van der Waals surface area contributed by atoms with Crippen molar-refractivity contribution in [1.29, 1.82) is 0 Å². The maximum atomic E-state index is 12.6. The zero-order valence-electron chi connectivity index (χ0n) is 14.7. The zero-order chi connectivity index (χ0) is 20.5. The summed E-state index contributed by atoms with van der Waals surface area (Å²) in [5.41, 5.74) is 1.09. The van der Waals surface area contributed by atoms with Crippen molar-refractivity contribution >= 4 is 37.5 Å². The predicted octanol–water partition coefficient (Wildman–Crippen LogP) is 0.443. The second-order valence-electron chi connectivity index (χ2n) is 6.19. The summed E-state index contributed by atoms with van der Waals surface area (Å²) in [6.45, 7) is 0.911. The standard InChI is InChI=1S/C17H17N3O6S2/c1-12-2-6-14(7-3-12)27(23,24)19-13-4-8-15(9-5-13)28(25,26)20-10-16(21)18-17(22)11-20/h2-9,19H,10-11H2,1H3,(H,18,21,22). The number of carbonyl (C=O) groups is 2. The molecule has 1 aliphatic rings. The average Bonchev–Trinajstić information content (AvgIpc) is 2.61. The number of nitrogens with zero attached hydrogens (tertiary/aromatic N) is 1. The molecule has 0 bridgehead atoms. The number of piperazine rings is 1. The Kier molecular flexibility index (Phi) is 5.24. The lowest BCUT2D eigenvalue weighted by molar-refractivity contribution is -0.134. The molecule has 0 aromatic heterocycles. The lowest BCUT2D eigenvalue weighted by Gasteiger charge is -2.24. The minimum atomic E-state index is -4.07. The molecule has 1 saturated heterocycles. The number of carbonyl (C=O) groups excluding carboxylic acids is 2. The van der Waals surface area contributed by atoms with Gasteiger partial charge in [-0.1, -0.05) is 17.7 Å². The quantitative estimate of drug-likeness (QED) is 0.672. The Morgan fingerprint density at radius 1 is 0.821 bits per heavy atom. The van der Waals surface area contributed by atoms with Gasteiger partial charge >= 0.3 is 0 Å². The van der Waals surface area contributed by atoms with Crippen LogP contribution in [0.25, 0.3) is 0 Å². The van der Waals surface area contributed by atoms with Crippen molar-refractivity contribution < 1.29 is 26.4 Å². The minimum absolute atomic E-state index is 0.0765. The molecule has 0 aliphatic carbocycles. The first-order valence-electron chi connectivity index (χ1n) is 8.10. The molecule has 11 heteroatoms. The van der Waals surface area contributed by atoms with Gasteiger partial charge in [-0.3, -0.25) is 19.6 Å². The van der Waals surface area contributed by atoms with E-state index in [1.54, 1.807) is 12.1 Å². The third kappa shape index (κ3) is 4.21. The normalized spacial score (nSPS) is 15.9. The van der Waals surface area contributed by atoms with Gasteiger partial charge in [-0.25, -0.2) is 16.8 Å². The Morgan fingerprint density at radius 2 is 1.32 bits per heavy atom. The molecular formula is C17H17N3O6S2. The van der Waals surface area contributed by atoms with E-state index in [0.29, 0.717) is 0 Å². The molecule has 3 rings (SSSR count). The summed E-state index contributed by atoms with van der Waals surface area (Å²) >= 11 is 0. The van der Waals surface area contributed by atoms with Crippen molar-refractivity contribution in [2.45, 2.75) is 16.7 Å². The molecule has 9 nitrogen and oxygen atoms in total. The first-order chi connectivity index (χ1) is 13.1. The van der Waals surface area contributed by atoms with Crippen LogP contribution in [-0.4, -0.2) is 46.0 Å². The first kappa shape index (κ1) is 20.0. The Balaban J connectivity index is 1.80. The summed E-state index contributed by atoms with van der Waals surface area (Å²) in [7, 11) is -7.89. The van der Waals surface area contributed by atoms with E-state index in [-0.39, 0.29) is 15.5 Å². The van der Waals surface area contributed by atoms with Crippen molar-refractivity contribution in [3.05, 3.63) is 54.1 Å². The number of rotatable bonds is 5. The van der Waals surface area contributed by atoms with Crippen molar-refractivity contribution in [3.8, 4) is 0 Å². The maximum Gasteiger partial charge on any atom is 0.261 e. The van der Waals surface area contributed by atoms with E-state index in [1.807, 2.05) is 12.2 Å². The van der Waals surface area contributed by atoms with Gasteiger partial charge in [-0.15, -0.1) is 0 Å². The van der Waals surface area contributed by atoms with E-state index in [4.69, 9.17) is 0 Å². The largest absolute Gasteiger partial charge is 0.294 e. The lowest BCUT2D eigenvalue weighted by Crippen LogP contribution is -2.53. The van der Waals surface area contributed by atoms with E-state index >= 15 is 0 Å². The SMILES string of the molecule is Cc1ccc(S(=O)(=O)Nc2ccc(S(=O)(=O)N3CC(=O)NC(=O)C3)cc2)cc1. The van der Waals surface area contributed by atoms with Crippen LogP contribution in [0.2, 0.25) is 0 Å². The van der Waals surface area contributed by atoms with Gasteiger partial charge < -0.3 is 0 Å². The Morgan fingerprint density at radius 3 is 1.86 bits per heavy atom. The number of amides is 2. The van der Waals surface area contributed by atoms with Gasteiger partial charge in [-0.05, 0) is 43.3 Å². The molecule has 0 unspecified atom stereocenters. The highest BCUT2D eigenvalue weighted by atomic mass is 32.2. The molecule has 2 N–H and O–H groups in total. The lowest BCUT2D eigenvalue weighted by atomic mass is 10.2. The van der Waals surface area contributed by atoms with E-state index in [9.17, 15) is 26.4 Å². The Bertz CT molecular complexity index is 1110. The Hall–Kier alpha value is -2.76. The monoisotopic (exact) mass is 423 g/mol. The fourth-order valence-electron chi connectivity index (χ4n) is 2.56. The highest BCUT2D eigenvalue weighted by Crippen LogP contribution is 2.21. The van der Waals surface area contributed by atoms with Crippen LogP contribution < -0.4 is 10.0 Å². The molecule has 28 heavy (non-hydrogen) atoms. The third-order valence-corrected chi connectivity index (χ3v) is 7.20. The number of benzene rings is 2. The fourth-order valence-corrected chi connectivity index (χ4v) is 4.97. The van der Waals surface area contributed by atoms with Gasteiger partial charge in [0.15, 0.2) is 0 Å². The summed E-state index contributed by atoms with van der Waals surface area (Å²) in [5.74, 6) is -1.41. The van der Waals surface area contributed by atoms with Crippen LogP contribution >= 0.6 is 0 Å². The van der Waals surface area contributed by atoms with Crippen molar-refractivity contribution in [1.82, 2.24) is 9.62 Å². The van der Waals surface area contributed by atoms with Crippen molar-refractivity contribution in [2.75, 3.05) is 17.8 Å². The van der Waals surface area contributed by atoms with Crippen LogP contribution in [0.3, 0.4) is 0 Å². The smallest absolute Gasteiger partial charge is 0.261 e. The number of anilines is 1. The molecule has 2 amide bonds. The molecule has 1 fully saturated rings. The van der Waals surface area contributed by atoms with Gasteiger partial charge in [0.1, 0.15) is 0 Å². The molecular weight excluding hydrogens is 406 g/mol. The van der Waals surface area contributed by atoms with Crippen LogP contribution in [0.15, 0.2) is 58.3 Å². The number of sulfonamides is 2. The molecule has 2 aromatic carbocycles. The summed E-state index contributed by atoms with van der Waals surface area (Å²) in [4.78, 5) is 22.7. The first-order valence-corrected chi connectivity index (χ1v) is 11.0. The predicted molar refractivity (Wildman–Crippen MR) is 100 cm³/mol. The fraction of sp³-hybridized carbons (Fsp3) is 0.176. The van der Waals surface area contributed by atoms with Gasteiger partial charge in [-0.2, -0.15) is 4.31 Å². The molecule has 1 aliphatic heterocycles. The van der Waals surface area contributed by atoms with E-state index in [0.717, 1.165) is 9.87 Å².